The lowest BCUT2D eigenvalue weighted by Crippen LogP contribution is -2.22. The standard InChI is InChI=1S/C21H20N4O2S/c1-13-12-19-23-24-21(25(19)18-7-5-4-6-17(13)18)28-14(2)20(26)22-15-8-10-16(27-3)11-9-15/h4-12,14H,1-3H3,(H,22,26). The number of thioether (sulfide) groups is 1. The number of nitrogens with one attached hydrogen (secondary N) is 1. The van der Waals surface area contributed by atoms with Crippen molar-refractivity contribution in [3.05, 3.63) is 60.2 Å². The summed E-state index contributed by atoms with van der Waals surface area (Å²) in [4.78, 5) is 12.6. The number of pyridine rings is 1. The summed E-state index contributed by atoms with van der Waals surface area (Å²) in [6, 6.07) is 17.4. The second kappa shape index (κ2) is 7.52. The summed E-state index contributed by atoms with van der Waals surface area (Å²) in [6.07, 6.45) is 0. The quantitative estimate of drug-likeness (QED) is 0.512. The molecular formula is C21H20N4O2S. The zero-order valence-electron chi connectivity index (χ0n) is 15.8. The number of fused-ring (bicyclic) bond motifs is 3. The van der Waals surface area contributed by atoms with E-state index in [0.29, 0.717) is 5.16 Å². The Kier molecular flexibility index (Phi) is 4.92. The average Bonchev–Trinajstić information content (AvgIpc) is 3.11. The van der Waals surface area contributed by atoms with E-state index in [1.165, 1.54) is 11.8 Å². The van der Waals surface area contributed by atoms with Gasteiger partial charge in [0.15, 0.2) is 10.8 Å². The summed E-state index contributed by atoms with van der Waals surface area (Å²) in [5.74, 6) is 0.654. The van der Waals surface area contributed by atoms with E-state index in [2.05, 4.69) is 28.5 Å². The zero-order valence-corrected chi connectivity index (χ0v) is 16.7. The van der Waals surface area contributed by atoms with Crippen molar-refractivity contribution in [3.8, 4) is 5.75 Å². The van der Waals surface area contributed by atoms with E-state index in [4.69, 9.17) is 4.74 Å². The maximum atomic E-state index is 12.6. The van der Waals surface area contributed by atoms with Crippen LogP contribution in [0.3, 0.4) is 0 Å². The lowest BCUT2D eigenvalue weighted by Gasteiger charge is -2.12. The number of methoxy groups -OCH3 is 1. The molecule has 0 aliphatic carbocycles. The van der Waals surface area contributed by atoms with E-state index >= 15 is 0 Å². The summed E-state index contributed by atoms with van der Waals surface area (Å²) >= 11 is 1.39. The van der Waals surface area contributed by atoms with Crippen LogP contribution in [0.15, 0.2) is 59.8 Å². The molecule has 1 amide bonds. The lowest BCUT2D eigenvalue weighted by atomic mass is 10.1. The van der Waals surface area contributed by atoms with Crippen LogP contribution in [0.2, 0.25) is 0 Å². The van der Waals surface area contributed by atoms with E-state index in [1.807, 2.05) is 59.9 Å². The molecule has 2 aromatic carbocycles. The van der Waals surface area contributed by atoms with Crippen molar-refractivity contribution < 1.29 is 9.53 Å². The number of rotatable bonds is 5. The molecule has 1 N–H and O–H groups in total. The van der Waals surface area contributed by atoms with Crippen molar-refractivity contribution in [2.45, 2.75) is 24.3 Å². The molecule has 2 aromatic heterocycles. The van der Waals surface area contributed by atoms with Gasteiger partial charge >= 0.3 is 0 Å². The van der Waals surface area contributed by atoms with Crippen LogP contribution in [0, 0.1) is 6.92 Å². The molecule has 0 spiro atoms. The minimum Gasteiger partial charge on any atom is -0.497 e. The number of hydrogen-bond acceptors (Lipinski definition) is 5. The van der Waals surface area contributed by atoms with Crippen molar-refractivity contribution in [2.24, 2.45) is 0 Å². The molecule has 2 heterocycles. The summed E-state index contributed by atoms with van der Waals surface area (Å²) < 4.78 is 7.15. The molecule has 0 bridgehead atoms. The lowest BCUT2D eigenvalue weighted by molar-refractivity contribution is -0.115. The first kappa shape index (κ1) is 18.3. The minimum atomic E-state index is -0.338. The first-order valence-corrected chi connectivity index (χ1v) is 9.80. The van der Waals surface area contributed by atoms with Crippen LogP contribution in [0.5, 0.6) is 5.75 Å². The number of amides is 1. The first-order chi connectivity index (χ1) is 13.6. The van der Waals surface area contributed by atoms with Crippen molar-refractivity contribution >= 4 is 39.9 Å². The Morgan fingerprint density at radius 1 is 1.14 bits per heavy atom. The summed E-state index contributed by atoms with van der Waals surface area (Å²) in [7, 11) is 1.61. The first-order valence-electron chi connectivity index (χ1n) is 8.92. The Morgan fingerprint density at radius 2 is 1.89 bits per heavy atom. The van der Waals surface area contributed by atoms with E-state index in [1.54, 1.807) is 7.11 Å². The number of carbonyl (C=O) groups excluding carboxylic acids is 1. The van der Waals surface area contributed by atoms with Crippen LogP contribution in [0.1, 0.15) is 12.5 Å². The molecular weight excluding hydrogens is 372 g/mol. The van der Waals surface area contributed by atoms with Crippen LogP contribution in [-0.4, -0.2) is 32.9 Å². The second-order valence-electron chi connectivity index (χ2n) is 6.50. The molecule has 0 fully saturated rings. The highest BCUT2D eigenvalue weighted by molar-refractivity contribution is 8.00. The van der Waals surface area contributed by atoms with E-state index < -0.39 is 0 Å². The summed E-state index contributed by atoms with van der Waals surface area (Å²) in [6.45, 7) is 3.93. The van der Waals surface area contributed by atoms with E-state index in [0.717, 1.165) is 33.6 Å². The topological polar surface area (TPSA) is 68.5 Å². The number of benzene rings is 2. The summed E-state index contributed by atoms with van der Waals surface area (Å²) in [5.41, 5.74) is 3.69. The number of para-hydroxylation sites is 1. The van der Waals surface area contributed by atoms with Crippen LogP contribution >= 0.6 is 11.8 Å². The molecule has 0 saturated carbocycles. The summed E-state index contributed by atoms with van der Waals surface area (Å²) in [5, 5.41) is 13.0. The molecule has 1 atom stereocenters. The van der Waals surface area contributed by atoms with Gasteiger partial charge in [-0.15, -0.1) is 10.2 Å². The fourth-order valence-electron chi connectivity index (χ4n) is 3.08. The van der Waals surface area contributed by atoms with Gasteiger partial charge in [-0.1, -0.05) is 30.0 Å². The number of anilines is 1. The number of ether oxygens (including phenoxy) is 1. The minimum absolute atomic E-state index is 0.0941. The molecule has 0 aliphatic rings. The third kappa shape index (κ3) is 3.41. The Balaban J connectivity index is 1.58. The molecule has 0 saturated heterocycles. The van der Waals surface area contributed by atoms with Gasteiger partial charge in [-0.2, -0.15) is 0 Å². The number of hydrogen-bond donors (Lipinski definition) is 1. The second-order valence-corrected chi connectivity index (χ2v) is 7.81. The molecule has 0 aliphatic heterocycles. The fourth-order valence-corrected chi connectivity index (χ4v) is 3.95. The number of nitrogens with zero attached hydrogens (tertiary/aromatic N) is 3. The van der Waals surface area contributed by atoms with Gasteiger partial charge in [-0.25, -0.2) is 0 Å². The predicted molar refractivity (Wildman–Crippen MR) is 112 cm³/mol. The highest BCUT2D eigenvalue weighted by Gasteiger charge is 2.19. The number of carbonyl (C=O) groups is 1. The van der Waals surface area contributed by atoms with Crippen LogP contribution < -0.4 is 10.1 Å². The van der Waals surface area contributed by atoms with Gasteiger partial charge in [-0.3, -0.25) is 9.20 Å². The third-order valence-corrected chi connectivity index (χ3v) is 5.63. The fraction of sp³-hybridized carbons (Fsp3) is 0.190. The van der Waals surface area contributed by atoms with Gasteiger partial charge in [0.1, 0.15) is 5.75 Å². The van der Waals surface area contributed by atoms with Crippen molar-refractivity contribution in [1.82, 2.24) is 14.6 Å². The average molecular weight is 392 g/mol. The van der Waals surface area contributed by atoms with Gasteiger partial charge in [0.25, 0.3) is 0 Å². The molecule has 28 heavy (non-hydrogen) atoms. The molecule has 7 heteroatoms. The SMILES string of the molecule is COc1ccc(NC(=O)C(C)Sc2nnc3cc(C)c4ccccc4n23)cc1. The number of aromatic nitrogens is 3. The Hall–Kier alpha value is -3.06. The smallest absolute Gasteiger partial charge is 0.237 e. The van der Waals surface area contributed by atoms with Crippen molar-refractivity contribution in [3.63, 3.8) is 0 Å². The largest absolute Gasteiger partial charge is 0.497 e. The van der Waals surface area contributed by atoms with Gasteiger partial charge in [0.05, 0.1) is 17.9 Å². The molecule has 4 rings (SSSR count). The monoisotopic (exact) mass is 392 g/mol. The van der Waals surface area contributed by atoms with Crippen LogP contribution in [0.25, 0.3) is 16.6 Å². The molecule has 0 radical (unpaired) electrons. The van der Waals surface area contributed by atoms with Gasteiger partial charge in [-0.05, 0) is 55.8 Å². The normalized spacial score (nSPS) is 12.2. The molecule has 1 unspecified atom stereocenters. The highest BCUT2D eigenvalue weighted by atomic mass is 32.2. The van der Waals surface area contributed by atoms with Crippen molar-refractivity contribution in [2.75, 3.05) is 12.4 Å². The highest BCUT2D eigenvalue weighted by Crippen LogP contribution is 2.28. The van der Waals surface area contributed by atoms with Crippen LogP contribution in [0.4, 0.5) is 5.69 Å². The molecule has 6 nitrogen and oxygen atoms in total. The Morgan fingerprint density at radius 3 is 2.64 bits per heavy atom. The third-order valence-electron chi connectivity index (χ3n) is 4.58. The number of aryl methyl sites for hydroxylation is 1. The zero-order chi connectivity index (χ0) is 19.7. The Bertz CT molecular complexity index is 1150. The van der Waals surface area contributed by atoms with Gasteiger partial charge < -0.3 is 10.1 Å². The van der Waals surface area contributed by atoms with Crippen molar-refractivity contribution in [1.29, 1.82) is 0 Å². The van der Waals surface area contributed by atoms with Gasteiger partial charge in [0.2, 0.25) is 5.91 Å². The van der Waals surface area contributed by atoms with E-state index in [9.17, 15) is 4.79 Å². The van der Waals surface area contributed by atoms with Crippen LogP contribution in [-0.2, 0) is 4.79 Å². The molecule has 142 valence electrons. The maximum absolute atomic E-state index is 12.6. The maximum Gasteiger partial charge on any atom is 0.237 e. The Labute approximate surface area is 166 Å². The van der Waals surface area contributed by atoms with Gasteiger partial charge in [0, 0.05) is 11.1 Å². The molecule has 4 aromatic rings. The van der Waals surface area contributed by atoms with E-state index in [-0.39, 0.29) is 11.2 Å². The predicted octanol–water partition coefficient (Wildman–Crippen LogP) is 4.32.